The van der Waals surface area contributed by atoms with E-state index in [4.69, 9.17) is 9.47 Å². The number of hydrazone groups is 1. The van der Waals surface area contributed by atoms with E-state index in [-0.39, 0.29) is 33.8 Å². The third-order valence-corrected chi connectivity index (χ3v) is 4.67. The smallest absolute Gasteiger partial charge is 0.340 e. The molecule has 34 heavy (non-hydrogen) atoms. The number of aromatic carboxylic acids is 1. The minimum absolute atomic E-state index is 0.0311. The van der Waals surface area contributed by atoms with Crippen LogP contribution in [0.3, 0.4) is 0 Å². The average Bonchev–Trinajstić information content (AvgIpc) is 2.84. The van der Waals surface area contributed by atoms with E-state index in [2.05, 4.69) is 15.8 Å². The Labute approximate surface area is 193 Å². The van der Waals surface area contributed by atoms with Gasteiger partial charge in [-0.2, -0.15) is 5.10 Å². The molecule has 3 aromatic carbocycles. The highest BCUT2D eigenvalue weighted by Crippen LogP contribution is 2.32. The van der Waals surface area contributed by atoms with Gasteiger partial charge >= 0.3 is 5.97 Å². The van der Waals surface area contributed by atoms with E-state index in [1.165, 1.54) is 81.1 Å². The first kappa shape index (κ1) is 23.9. The Bertz CT molecular complexity index is 1240. The highest BCUT2D eigenvalue weighted by atomic mass is 19.1. The molecule has 0 unspecified atom stereocenters. The second kappa shape index (κ2) is 10.7. The normalized spacial score (nSPS) is 10.6. The minimum atomic E-state index is -1.25. The third-order valence-electron chi connectivity index (χ3n) is 4.67. The molecule has 3 rings (SSSR count). The van der Waals surface area contributed by atoms with Gasteiger partial charge in [-0.15, -0.1) is 0 Å². The number of nitrogens with one attached hydrogen (secondary N) is 2. The topological polar surface area (TPSA) is 126 Å². The Balaban J connectivity index is 1.67. The number of methoxy groups -OCH3 is 2. The zero-order valence-corrected chi connectivity index (χ0v) is 18.2. The van der Waals surface area contributed by atoms with Crippen molar-refractivity contribution >= 4 is 29.7 Å². The Morgan fingerprint density at radius 1 is 0.882 bits per heavy atom. The van der Waals surface area contributed by atoms with Crippen molar-refractivity contribution in [1.82, 2.24) is 5.43 Å². The predicted octanol–water partition coefficient (Wildman–Crippen LogP) is 3.56. The maximum absolute atomic E-state index is 13.0. The fourth-order valence-corrected chi connectivity index (χ4v) is 3.00. The van der Waals surface area contributed by atoms with Gasteiger partial charge in [-0.3, -0.25) is 9.59 Å². The number of carboxylic acids is 1. The number of carboxylic acid groups (broad SMARTS) is 1. The highest BCUT2D eigenvalue weighted by molar-refractivity contribution is 6.05. The Kier molecular flexibility index (Phi) is 7.55. The Morgan fingerprint density at radius 2 is 1.50 bits per heavy atom. The number of nitrogens with zero attached hydrogens (tertiary/aromatic N) is 1. The lowest BCUT2D eigenvalue weighted by atomic mass is 10.1. The summed E-state index contributed by atoms with van der Waals surface area (Å²) >= 11 is 0. The summed E-state index contributed by atoms with van der Waals surface area (Å²) in [5.41, 5.74) is 3.32. The molecule has 0 saturated heterocycles. The largest absolute Gasteiger partial charge is 0.493 e. The first-order valence-electron chi connectivity index (χ1n) is 9.82. The number of ether oxygens (including phenoxy) is 2. The molecule has 9 nitrogen and oxygen atoms in total. The summed E-state index contributed by atoms with van der Waals surface area (Å²) in [6, 6.07) is 14.1. The summed E-state index contributed by atoms with van der Waals surface area (Å²) in [6.07, 6.45) is 1.18. The summed E-state index contributed by atoms with van der Waals surface area (Å²) < 4.78 is 23.2. The van der Waals surface area contributed by atoms with E-state index in [0.717, 1.165) is 0 Å². The van der Waals surface area contributed by atoms with Crippen molar-refractivity contribution in [1.29, 1.82) is 0 Å². The molecule has 0 bridgehead atoms. The van der Waals surface area contributed by atoms with E-state index in [9.17, 15) is 23.9 Å². The molecular weight excluding hydrogens is 445 g/mol. The number of hydrogen-bond acceptors (Lipinski definition) is 6. The minimum Gasteiger partial charge on any atom is -0.493 e. The quantitative estimate of drug-likeness (QED) is 0.345. The maximum atomic E-state index is 13.0. The molecule has 174 valence electrons. The number of hydrogen-bond donors (Lipinski definition) is 3. The van der Waals surface area contributed by atoms with Crippen LogP contribution in [-0.4, -0.2) is 43.3 Å². The van der Waals surface area contributed by atoms with Gasteiger partial charge in [-0.25, -0.2) is 14.6 Å². The van der Waals surface area contributed by atoms with Gasteiger partial charge in [0.1, 0.15) is 11.4 Å². The number of carbonyl (C=O) groups excluding carboxylic acids is 2. The Hall–Kier alpha value is -4.73. The first-order valence-corrected chi connectivity index (χ1v) is 9.82. The molecule has 0 fully saturated rings. The summed E-state index contributed by atoms with van der Waals surface area (Å²) in [7, 11) is 2.70. The van der Waals surface area contributed by atoms with Crippen LogP contribution in [0.25, 0.3) is 0 Å². The molecule has 10 heteroatoms. The van der Waals surface area contributed by atoms with Crippen LogP contribution in [0.2, 0.25) is 0 Å². The monoisotopic (exact) mass is 465 g/mol. The zero-order valence-electron chi connectivity index (χ0n) is 18.2. The molecule has 3 aromatic rings. The van der Waals surface area contributed by atoms with E-state index in [1.807, 2.05) is 0 Å². The molecular formula is C24H20FN3O6. The van der Waals surface area contributed by atoms with Crippen LogP contribution in [-0.2, 0) is 0 Å². The van der Waals surface area contributed by atoms with Gasteiger partial charge in [0.25, 0.3) is 11.8 Å². The molecule has 0 atom stereocenters. The average molecular weight is 465 g/mol. The van der Waals surface area contributed by atoms with Crippen molar-refractivity contribution in [3.8, 4) is 11.5 Å². The third kappa shape index (κ3) is 5.54. The SMILES string of the molecule is COc1ccc(/C=N/NC(=O)c2ccc(NC(=O)c3ccc(F)cc3)cc2)c(C(=O)O)c1OC. The lowest BCUT2D eigenvalue weighted by Gasteiger charge is -2.12. The lowest BCUT2D eigenvalue weighted by molar-refractivity contribution is 0.0692. The number of benzene rings is 3. The molecule has 0 aliphatic rings. The summed E-state index contributed by atoms with van der Waals surface area (Å²) in [5.74, 6) is -2.39. The molecule has 3 N–H and O–H groups in total. The van der Waals surface area contributed by atoms with Gasteiger partial charge in [0.15, 0.2) is 11.5 Å². The molecule has 0 aromatic heterocycles. The van der Waals surface area contributed by atoms with Crippen LogP contribution in [0, 0.1) is 5.82 Å². The first-order chi connectivity index (χ1) is 16.3. The standard InChI is InChI=1S/C24H20FN3O6/c1-33-19-12-7-16(20(24(31)32)21(19)34-2)13-26-28-23(30)15-5-10-18(11-6-15)27-22(29)14-3-8-17(25)9-4-14/h3-13H,1-2H3,(H,27,29)(H,28,30)(H,31,32)/b26-13+. The number of amides is 2. The molecule has 0 saturated carbocycles. The van der Waals surface area contributed by atoms with Crippen molar-refractivity contribution in [2.45, 2.75) is 0 Å². The van der Waals surface area contributed by atoms with E-state index >= 15 is 0 Å². The molecule has 0 heterocycles. The van der Waals surface area contributed by atoms with Crippen LogP contribution in [0.5, 0.6) is 11.5 Å². The highest BCUT2D eigenvalue weighted by Gasteiger charge is 2.20. The van der Waals surface area contributed by atoms with Crippen LogP contribution in [0.15, 0.2) is 65.8 Å². The fraction of sp³-hybridized carbons (Fsp3) is 0.0833. The summed E-state index contributed by atoms with van der Waals surface area (Å²) in [6.45, 7) is 0. The van der Waals surface area contributed by atoms with Crippen molar-refractivity contribution in [2.75, 3.05) is 19.5 Å². The zero-order chi connectivity index (χ0) is 24.7. The van der Waals surface area contributed by atoms with Gasteiger partial charge in [0.2, 0.25) is 0 Å². The van der Waals surface area contributed by atoms with Gasteiger partial charge in [0, 0.05) is 22.4 Å². The second-order valence-corrected chi connectivity index (χ2v) is 6.81. The number of halogens is 1. The van der Waals surface area contributed by atoms with Crippen molar-refractivity contribution < 1.29 is 33.4 Å². The number of rotatable bonds is 8. The summed E-state index contributed by atoms with van der Waals surface area (Å²) in [4.78, 5) is 36.2. The van der Waals surface area contributed by atoms with E-state index < -0.39 is 23.6 Å². The van der Waals surface area contributed by atoms with E-state index in [0.29, 0.717) is 5.69 Å². The fourth-order valence-electron chi connectivity index (χ4n) is 3.00. The van der Waals surface area contributed by atoms with Crippen LogP contribution in [0.4, 0.5) is 10.1 Å². The Morgan fingerprint density at radius 3 is 2.09 bits per heavy atom. The van der Waals surface area contributed by atoms with Crippen molar-refractivity contribution in [3.05, 3.63) is 88.7 Å². The van der Waals surface area contributed by atoms with Gasteiger partial charge in [0.05, 0.1) is 20.4 Å². The number of carbonyl (C=O) groups is 3. The van der Waals surface area contributed by atoms with Gasteiger partial charge in [-0.05, 0) is 60.7 Å². The van der Waals surface area contributed by atoms with Crippen LogP contribution >= 0.6 is 0 Å². The predicted molar refractivity (Wildman–Crippen MR) is 122 cm³/mol. The maximum Gasteiger partial charge on any atom is 0.340 e. The van der Waals surface area contributed by atoms with Crippen LogP contribution < -0.4 is 20.2 Å². The van der Waals surface area contributed by atoms with Crippen molar-refractivity contribution in [2.24, 2.45) is 5.10 Å². The number of anilines is 1. The lowest BCUT2D eigenvalue weighted by Crippen LogP contribution is -2.18. The summed E-state index contributed by atoms with van der Waals surface area (Å²) in [5, 5.41) is 16.0. The molecule has 0 aliphatic carbocycles. The van der Waals surface area contributed by atoms with Gasteiger partial charge < -0.3 is 19.9 Å². The second-order valence-electron chi connectivity index (χ2n) is 6.81. The van der Waals surface area contributed by atoms with Gasteiger partial charge in [-0.1, -0.05) is 0 Å². The molecule has 0 radical (unpaired) electrons. The van der Waals surface area contributed by atoms with Crippen molar-refractivity contribution in [3.63, 3.8) is 0 Å². The van der Waals surface area contributed by atoms with Crippen LogP contribution in [0.1, 0.15) is 36.6 Å². The van der Waals surface area contributed by atoms with E-state index in [1.54, 1.807) is 0 Å². The molecule has 2 amide bonds. The molecule has 0 aliphatic heterocycles. The molecule has 0 spiro atoms.